The van der Waals surface area contributed by atoms with Crippen molar-refractivity contribution in [2.24, 2.45) is 0 Å². The van der Waals surface area contributed by atoms with E-state index in [-0.39, 0.29) is 16.7 Å². The van der Waals surface area contributed by atoms with Gasteiger partial charge in [0.1, 0.15) is 0 Å². The maximum Gasteiger partial charge on any atom is 0.282 e. The molecule has 0 spiro atoms. The molecule has 18 heavy (non-hydrogen) atoms. The number of rotatable bonds is 6. The Balaban J connectivity index is 2.66. The Hall–Kier alpha value is -0.890. The molecule has 0 N–H and O–H groups in total. The van der Waals surface area contributed by atoms with E-state index in [1.807, 2.05) is 54.5 Å². The number of benzene rings is 1. The first-order chi connectivity index (χ1) is 8.41. The highest BCUT2D eigenvalue weighted by atomic mass is 127. The van der Waals surface area contributed by atoms with Gasteiger partial charge < -0.3 is 9.64 Å². The number of hydrogen-bond donors (Lipinski definition) is 0. The van der Waals surface area contributed by atoms with Gasteiger partial charge in [0.15, 0.2) is 0 Å². The zero-order valence-electron chi connectivity index (χ0n) is 10.7. The lowest BCUT2D eigenvalue weighted by molar-refractivity contribution is -0.385. The molecule has 1 aromatic rings. The number of ether oxygens (including phenoxy) is 1. The van der Waals surface area contributed by atoms with Gasteiger partial charge in [-0.1, -0.05) is 0 Å². The van der Waals surface area contributed by atoms with Crippen LogP contribution in [0.15, 0.2) is 18.2 Å². The summed E-state index contributed by atoms with van der Waals surface area (Å²) in [6, 6.07) is 5.11. The van der Waals surface area contributed by atoms with Crippen molar-refractivity contribution in [3.8, 4) is 0 Å². The second kappa shape index (κ2) is 6.89. The van der Waals surface area contributed by atoms with Gasteiger partial charge in [-0.2, -0.15) is 0 Å². The van der Waals surface area contributed by atoms with Gasteiger partial charge in [0, 0.05) is 25.3 Å². The maximum absolute atomic E-state index is 10.7. The number of likely N-dealkylation sites (N-methyl/N-ethyl adjacent to an activating group) is 1. The predicted octanol–water partition coefficient (Wildman–Crippen LogP) is 3.06. The number of nitro groups is 1. The van der Waals surface area contributed by atoms with Gasteiger partial charge in [0.25, 0.3) is 5.69 Å². The lowest BCUT2D eigenvalue weighted by atomic mass is 10.2. The molecule has 6 heteroatoms. The molecule has 0 saturated carbocycles. The molecule has 0 aliphatic heterocycles. The minimum atomic E-state index is -0.368. The summed E-state index contributed by atoms with van der Waals surface area (Å²) >= 11 is 1.98. The first kappa shape index (κ1) is 15.2. The van der Waals surface area contributed by atoms with Crippen LogP contribution in [0.25, 0.3) is 0 Å². The Labute approximate surface area is 120 Å². The fourth-order valence-electron chi connectivity index (χ4n) is 1.44. The summed E-state index contributed by atoms with van der Waals surface area (Å²) in [5.41, 5.74) is 1.10. The van der Waals surface area contributed by atoms with Gasteiger partial charge in [-0.05, 0) is 48.6 Å². The van der Waals surface area contributed by atoms with Crippen LogP contribution in [0.2, 0.25) is 0 Å². The van der Waals surface area contributed by atoms with E-state index in [2.05, 4.69) is 0 Å². The summed E-state index contributed by atoms with van der Waals surface area (Å²) < 4.78 is 6.12. The number of nitro benzene ring substituents is 1. The van der Waals surface area contributed by atoms with Gasteiger partial charge in [-0.3, -0.25) is 10.1 Å². The first-order valence-corrected chi connectivity index (χ1v) is 6.76. The molecule has 1 aromatic carbocycles. The SMILES string of the molecule is CC(C)OCCN(C)c1ccc([N+](=O)[O-])c(I)c1. The highest BCUT2D eigenvalue weighted by molar-refractivity contribution is 14.1. The smallest absolute Gasteiger partial charge is 0.282 e. The van der Waals surface area contributed by atoms with E-state index >= 15 is 0 Å². The van der Waals surface area contributed by atoms with Crippen LogP contribution in [0.4, 0.5) is 11.4 Å². The van der Waals surface area contributed by atoms with E-state index in [0.717, 1.165) is 12.2 Å². The first-order valence-electron chi connectivity index (χ1n) is 5.68. The molecule has 0 aromatic heterocycles. The Morgan fingerprint density at radius 2 is 2.17 bits per heavy atom. The topological polar surface area (TPSA) is 55.6 Å². The molecule has 5 nitrogen and oxygen atoms in total. The molecule has 0 atom stereocenters. The van der Waals surface area contributed by atoms with Gasteiger partial charge in [0.05, 0.1) is 21.2 Å². The van der Waals surface area contributed by atoms with Crippen LogP contribution in [-0.2, 0) is 4.74 Å². The second-order valence-electron chi connectivity index (χ2n) is 4.23. The maximum atomic E-state index is 10.7. The number of halogens is 1. The van der Waals surface area contributed by atoms with Crippen LogP contribution in [0.3, 0.4) is 0 Å². The van der Waals surface area contributed by atoms with Gasteiger partial charge in [0.2, 0.25) is 0 Å². The minimum Gasteiger partial charge on any atom is -0.377 e. The normalized spacial score (nSPS) is 10.7. The average molecular weight is 364 g/mol. The number of nitrogens with zero attached hydrogens (tertiary/aromatic N) is 2. The molecule has 0 bridgehead atoms. The monoisotopic (exact) mass is 364 g/mol. The molecule has 0 aliphatic rings. The van der Waals surface area contributed by atoms with Crippen molar-refractivity contribution in [2.45, 2.75) is 20.0 Å². The Morgan fingerprint density at radius 1 is 1.50 bits per heavy atom. The largest absolute Gasteiger partial charge is 0.377 e. The van der Waals surface area contributed by atoms with Crippen molar-refractivity contribution < 1.29 is 9.66 Å². The molecule has 0 fully saturated rings. The highest BCUT2D eigenvalue weighted by Gasteiger charge is 2.13. The third kappa shape index (κ3) is 4.41. The van der Waals surface area contributed by atoms with Crippen molar-refractivity contribution in [1.82, 2.24) is 0 Å². The summed E-state index contributed by atoms with van der Waals surface area (Å²) in [6.07, 6.45) is 0.218. The molecular weight excluding hydrogens is 347 g/mol. The zero-order chi connectivity index (χ0) is 13.7. The van der Waals surface area contributed by atoms with Gasteiger partial charge in [-0.15, -0.1) is 0 Å². The summed E-state index contributed by atoms with van der Waals surface area (Å²) in [5.74, 6) is 0. The average Bonchev–Trinajstić information content (AvgIpc) is 2.27. The molecule has 0 saturated heterocycles. The standard InChI is InChI=1S/C12H17IN2O3/c1-9(2)18-7-6-14(3)10-4-5-12(15(16)17)11(13)8-10/h4-5,8-9H,6-7H2,1-3H3. The van der Waals surface area contributed by atoms with Crippen LogP contribution in [0.5, 0.6) is 0 Å². The van der Waals surface area contributed by atoms with E-state index < -0.39 is 0 Å². The second-order valence-corrected chi connectivity index (χ2v) is 5.40. The molecule has 0 radical (unpaired) electrons. The lowest BCUT2D eigenvalue weighted by Gasteiger charge is -2.20. The van der Waals surface area contributed by atoms with Crippen molar-refractivity contribution in [3.63, 3.8) is 0 Å². The zero-order valence-corrected chi connectivity index (χ0v) is 12.9. The number of anilines is 1. The quantitative estimate of drug-likeness (QED) is 0.442. The van der Waals surface area contributed by atoms with Crippen LogP contribution < -0.4 is 4.90 Å². The van der Waals surface area contributed by atoms with Crippen LogP contribution in [-0.4, -0.2) is 31.2 Å². The van der Waals surface area contributed by atoms with E-state index in [1.165, 1.54) is 6.07 Å². The third-order valence-electron chi connectivity index (χ3n) is 2.45. The Morgan fingerprint density at radius 3 is 2.67 bits per heavy atom. The van der Waals surface area contributed by atoms with E-state index in [9.17, 15) is 10.1 Å². The molecule has 0 amide bonds. The van der Waals surface area contributed by atoms with Crippen molar-refractivity contribution in [2.75, 3.05) is 25.1 Å². The summed E-state index contributed by atoms with van der Waals surface area (Å²) in [4.78, 5) is 12.4. The summed E-state index contributed by atoms with van der Waals surface area (Å²) in [5, 5.41) is 10.7. The van der Waals surface area contributed by atoms with Crippen LogP contribution in [0.1, 0.15) is 13.8 Å². The fourth-order valence-corrected chi connectivity index (χ4v) is 2.13. The Kier molecular flexibility index (Phi) is 5.80. The molecule has 0 aliphatic carbocycles. The van der Waals surface area contributed by atoms with Crippen molar-refractivity contribution >= 4 is 34.0 Å². The predicted molar refractivity (Wildman–Crippen MR) is 80.2 cm³/mol. The van der Waals surface area contributed by atoms with E-state index in [1.54, 1.807) is 6.07 Å². The Bertz CT molecular complexity index is 424. The van der Waals surface area contributed by atoms with Crippen LogP contribution in [0, 0.1) is 13.7 Å². The van der Waals surface area contributed by atoms with Crippen molar-refractivity contribution in [1.29, 1.82) is 0 Å². The van der Waals surface area contributed by atoms with E-state index in [4.69, 9.17) is 4.74 Å². The van der Waals surface area contributed by atoms with Gasteiger partial charge >= 0.3 is 0 Å². The summed E-state index contributed by atoms with van der Waals surface area (Å²) in [6.45, 7) is 5.39. The third-order valence-corrected chi connectivity index (χ3v) is 3.31. The fraction of sp³-hybridized carbons (Fsp3) is 0.500. The molecule has 100 valence electrons. The van der Waals surface area contributed by atoms with Gasteiger partial charge in [-0.25, -0.2) is 0 Å². The minimum absolute atomic E-state index is 0.145. The van der Waals surface area contributed by atoms with Crippen LogP contribution >= 0.6 is 22.6 Å². The summed E-state index contributed by atoms with van der Waals surface area (Å²) in [7, 11) is 1.95. The molecule has 0 heterocycles. The molecule has 1 rings (SSSR count). The van der Waals surface area contributed by atoms with Crippen molar-refractivity contribution in [3.05, 3.63) is 31.9 Å². The molecule has 0 unspecified atom stereocenters. The highest BCUT2D eigenvalue weighted by Crippen LogP contribution is 2.25. The van der Waals surface area contributed by atoms with E-state index in [0.29, 0.717) is 10.2 Å². The molecular formula is C12H17IN2O3. The number of hydrogen-bond acceptors (Lipinski definition) is 4. The lowest BCUT2D eigenvalue weighted by Crippen LogP contribution is -2.23.